The molecule has 0 radical (unpaired) electrons. The van der Waals surface area contributed by atoms with Crippen molar-refractivity contribution in [3.05, 3.63) is 78.2 Å². The fourth-order valence-corrected chi connectivity index (χ4v) is 2.30. The number of hydrogen-bond acceptors (Lipinski definition) is 5. The number of anilines is 2. The van der Waals surface area contributed by atoms with Crippen LogP contribution in [0.4, 0.5) is 11.5 Å². The number of carbonyl (C=O) groups excluding carboxylic acids is 1. The van der Waals surface area contributed by atoms with Gasteiger partial charge in [0.1, 0.15) is 11.6 Å². The van der Waals surface area contributed by atoms with E-state index in [4.69, 9.17) is 4.74 Å². The highest BCUT2D eigenvalue weighted by Gasteiger charge is 2.11. The highest BCUT2D eigenvalue weighted by molar-refractivity contribution is 6.06. The van der Waals surface area contributed by atoms with Gasteiger partial charge in [-0.25, -0.2) is 4.98 Å². The molecule has 3 aromatic rings. The van der Waals surface area contributed by atoms with Crippen molar-refractivity contribution in [1.82, 2.24) is 9.97 Å². The Kier molecular flexibility index (Phi) is 5.21. The summed E-state index contributed by atoms with van der Waals surface area (Å²) in [7, 11) is 1.54. The Morgan fingerprint density at radius 2 is 1.88 bits per heavy atom. The second-order valence-corrected chi connectivity index (χ2v) is 5.30. The lowest BCUT2D eigenvalue weighted by molar-refractivity contribution is 0.102. The van der Waals surface area contributed by atoms with Gasteiger partial charge in [0.25, 0.3) is 5.91 Å². The molecule has 2 N–H and O–H groups in total. The van der Waals surface area contributed by atoms with Crippen LogP contribution < -0.4 is 15.4 Å². The zero-order valence-corrected chi connectivity index (χ0v) is 13.8. The Hall–Kier alpha value is -3.41. The first kappa shape index (κ1) is 16.4. The second-order valence-electron chi connectivity index (χ2n) is 5.30. The standard InChI is InChI=1S/C19H18N4O2/c1-25-17-5-3-2-4-16(17)19(24)23-15-6-7-18(22-13-15)21-12-14-8-10-20-11-9-14/h2-11,13H,12H2,1H3,(H,21,22)(H,23,24). The highest BCUT2D eigenvalue weighted by atomic mass is 16.5. The molecule has 2 aromatic heterocycles. The van der Waals surface area contributed by atoms with Crippen LogP contribution in [-0.2, 0) is 6.54 Å². The fourth-order valence-electron chi connectivity index (χ4n) is 2.30. The first-order chi connectivity index (χ1) is 12.3. The van der Waals surface area contributed by atoms with Gasteiger partial charge in [0.15, 0.2) is 0 Å². The number of aromatic nitrogens is 2. The molecule has 6 nitrogen and oxygen atoms in total. The third kappa shape index (κ3) is 4.32. The summed E-state index contributed by atoms with van der Waals surface area (Å²) in [6.45, 7) is 0.655. The monoisotopic (exact) mass is 334 g/mol. The topological polar surface area (TPSA) is 76.1 Å². The Morgan fingerprint density at radius 1 is 1.08 bits per heavy atom. The van der Waals surface area contributed by atoms with E-state index in [1.165, 1.54) is 7.11 Å². The first-order valence-electron chi connectivity index (χ1n) is 7.79. The summed E-state index contributed by atoms with van der Waals surface area (Å²) in [6.07, 6.45) is 5.12. The summed E-state index contributed by atoms with van der Waals surface area (Å²) < 4.78 is 5.21. The average Bonchev–Trinajstić information content (AvgIpc) is 2.68. The van der Waals surface area contributed by atoms with Crippen LogP contribution in [0.25, 0.3) is 0 Å². The molecule has 0 bridgehead atoms. The van der Waals surface area contributed by atoms with Crippen LogP contribution in [-0.4, -0.2) is 23.0 Å². The lowest BCUT2D eigenvalue weighted by atomic mass is 10.2. The molecule has 126 valence electrons. The minimum Gasteiger partial charge on any atom is -0.496 e. The molecule has 0 unspecified atom stereocenters. The van der Waals surface area contributed by atoms with Crippen molar-refractivity contribution >= 4 is 17.4 Å². The van der Waals surface area contributed by atoms with Crippen molar-refractivity contribution in [3.8, 4) is 5.75 Å². The predicted molar refractivity (Wildman–Crippen MR) is 96.7 cm³/mol. The number of benzene rings is 1. The molecule has 25 heavy (non-hydrogen) atoms. The van der Waals surface area contributed by atoms with Crippen molar-refractivity contribution in [1.29, 1.82) is 0 Å². The van der Waals surface area contributed by atoms with E-state index in [1.807, 2.05) is 24.3 Å². The third-order valence-electron chi connectivity index (χ3n) is 3.60. The van der Waals surface area contributed by atoms with Crippen molar-refractivity contribution in [2.24, 2.45) is 0 Å². The van der Waals surface area contributed by atoms with Crippen molar-refractivity contribution in [2.45, 2.75) is 6.54 Å². The maximum Gasteiger partial charge on any atom is 0.259 e. The molecule has 1 aromatic carbocycles. The number of nitrogens with one attached hydrogen (secondary N) is 2. The number of carbonyl (C=O) groups is 1. The summed E-state index contributed by atoms with van der Waals surface area (Å²) in [6, 6.07) is 14.6. The van der Waals surface area contributed by atoms with Gasteiger partial charge in [-0.3, -0.25) is 9.78 Å². The molecule has 0 aliphatic rings. The zero-order chi connectivity index (χ0) is 17.5. The summed E-state index contributed by atoms with van der Waals surface area (Å²) in [4.78, 5) is 20.6. The minimum atomic E-state index is -0.239. The first-order valence-corrected chi connectivity index (χ1v) is 7.79. The molecule has 0 spiro atoms. The Morgan fingerprint density at radius 3 is 2.60 bits per heavy atom. The molecular weight excluding hydrogens is 316 g/mol. The Labute approximate surface area is 145 Å². The number of para-hydroxylation sites is 1. The van der Waals surface area contributed by atoms with E-state index in [2.05, 4.69) is 20.6 Å². The molecular formula is C19H18N4O2. The molecule has 0 saturated heterocycles. The summed E-state index contributed by atoms with van der Waals surface area (Å²) >= 11 is 0. The smallest absolute Gasteiger partial charge is 0.259 e. The summed E-state index contributed by atoms with van der Waals surface area (Å²) in [5.41, 5.74) is 2.21. The van der Waals surface area contributed by atoms with Crippen LogP contribution in [0.3, 0.4) is 0 Å². The number of ether oxygens (including phenoxy) is 1. The molecule has 0 saturated carbocycles. The number of rotatable bonds is 6. The fraction of sp³-hybridized carbons (Fsp3) is 0.105. The predicted octanol–water partition coefficient (Wildman–Crippen LogP) is 3.35. The van der Waals surface area contributed by atoms with Gasteiger partial charge in [0.05, 0.1) is 24.6 Å². The number of nitrogens with zero attached hydrogens (tertiary/aromatic N) is 2. The van der Waals surface area contributed by atoms with Gasteiger partial charge < -0.3 is 15.4 Å². The van der Waals surface area contributed by atoms with Gasteiger partial charge in [-0.05, 0) is 42.0 Å². The number of pyridine rings is 2. The maximum atomic E-state index is 12.3. The van der Waals surface area contributed by atoms with Crippen LogP contribution >= 0.6 is 0 Å². The largest absolute Gasteiger partial charge is 0.496 e. The van der Waals surface area contributed by atoms with Crippen LogP contribution in [0.2, 0.25) is 0 Å². The molecule has 3 rings (SSSR count). The van der Waals surface area contributed by atoms with Gasteiger partial charge >= 0.3 is 0 Å². The normalized spacial score (nSPS) is 10.1. The second kappa shape index (κ2) is 7.92. The Balaban J connectivity index is 1.61. The zero-order valence-electron chi connectivity index (χ0n) is 13.8. The van der Waals surface area contributed by atoms with Gasteiger partial charge in [-0.15, -0.1) is 0 Å². The number of amides is 1. The minimum absolute atomic E-state index is 0.239. The van der Waals surface area contributed by atoms with E-state index in [-0.39, 0.29) is 5.91 Å². The van der Waals surface area contributed by atoms with E-state index < -0.39 is 0 Å². The molecule has 0 fully saturated rings. The van der Waals surface area contributed by atoms with Crippen LogP contribution in [0, 0.1) is 0 Å². The highest BCUT2D eigenvalue weighted by Crippen LogP contribution is 2.19. The number of methoxy groups -OCH3 is 1. The van der Waals surface area contributed by atoms with Crippen molar-refractivity contribution in [2.75, 3.05) is 17.7 Å². The van der Waals surface area contributed by atoms with Crippen LogP contribution in [0.15, 0.2) is 67.1 Å². The maximum absolute atomic E-state index is 12.3. The lowest BCUT2D eigenvalue weighted by Crippen LogP contribution is -2.13. The van der Waals surface area contributed by atoms with E-state index in [1.54, 1.807) is 42.9 Å². The third-order valence-corrected chi connectivity index (χ3v) is 3.60. The average molecular weight is 334 g/mol. The lowest BCUT2D eigenvalue weighted by Gasteiger charge is -2.10. The van der Waals surface area contributed by atoms with Crippen molar-refractivity contribution < 1.29 is 9.53 Å². The molecule has 2 heterocycles. The van der Waals surface area contributed by atoms with Crippen LogP contribution in [0.5, 0.6) is 5.75 Å². The molecule has 1 amide bonds. The van der Waals surface area contributed by atoms with Crippen molar-refractivity contribution in [3.63, 3.8) is 0 Å². The van der Waals surface area contributed by atoms with Gasteiger partial charge in [0, 0.05) is 18.9 Å². The van der Waals surface area contributed by atoms with E-state index in [9.17, 15) is 4.79 Å². The summed E-state index contributed by atoms with van der Waals surface area (Å²) in [5.74, 6) is 1.02. The van der Waals surface area contributed by atoms with Gasteiger partial charge in [-0.2, -0.15) is 0 Å². The van der Waals surface area contributed by atoms with Gasteiger partial charge in [-0.1, -0.05) is 12.1 Å². The SMILES string of the molecule is COc1ccccc1C(=O)Nc1ccc(NCc2ccncc2)nc1. The van der Waals surface area contributed by atoms with E-state index in [0.29, 0.717) is 23.5 Å². The van der Waals surface area contributed by atoms with E-state index in [0.717, 1.165) is 11.4 Å². The molecule has 0 aliphatic carbocycles. The Bertz CT molecular complexity index is 836. The van der Waals surface area contributed by atoms with E-state index >= 15 is 0 Å². The quantitative estimate of drug-likeness (QED) is 0.723. The molecule has 0 atom stereocenters. The number of hydrogen-bond donors (Lipinski definition) is 2. The molecule has 0 aliphatic heterocycles. The molecule has 6 heteroatoms. The van der Waals surface area contributed by atoms with Crippen LogP contribution in [0.1, 0.15) is 15.9 Å². The van der Waals surface area contributed by atoms with Gasteiger partial charge in [0.2, 0.25) is 0 Å². The summed E-state index contributed by atoms with van der Waals surface area (Å²) in [5, 5.41) is 6.04.